The van der Waals surface area contributed by atoms with Crippen LogP contribution in [0.1, 0.15) is 13.3 Å². The monoisotopic (exact) mass is 235 g/mol. The Balaban J connectivity index is 2.04. The van der Waals surface area contributed by atoms with Gasteiger partial charge in [0.05, 0.1) is 13.3 Å². The van der Waals surface area contributed by atoms with Gasteiger partial charge in [0.1, 0.15) is 11.6 Å². The Hall–Kier alpha value is -1.29. The Morgan fingerprint density at radius 1 is 1.53 bits per heavy atom. The summed E-state index contributed by atoms with van der Waals surface area (Å²) in [6.07, 6.45) is 2.99. The first kappa shape index (κ1) is 12.2. The highest BCUT2D eigenvalue weighted by Gasteiger charge is 2.33. The summed E-state index contributed by atoms with van der Waals surface area (Å²) < 4.78 is 5.12. The summed E-state index contributed by atoms with van der Waals surface area (Å²) >= 11 is 0. The molecule has 1 aromatic rings. The predicted molar refractivity (Wildman–Crippen MR) is 69.7 cm³/mol. The molecule has 0 spiro atoms. The Bertz CT molecular complexity index is 365. The van der Waals surface area contributed by atoms with Crippen LogP contribution >= 0.6 is 0 Å². The number of ether oxygens (including phenoxy) is 1. The molecular formula is C13H21N3O. The predicted octanol–water partition coefficient (Wildman–Crippen LogP) is 1.53. The third-order valence-corrected chi connectivity index (χ3v) is 3.44. The number of hydrogen-bond acceptors (Lipinski definition) is 4. The molecule has 1 unspecified atom stereocenters. The minimum atomic E-state index is 0.357. The second kappa shape index (κ2) is 4.92. The van der Waals surface area contributed by atoms with E-state index >= 15 is 0 Å². The summed E-state index contributed by atoms with van der Waals surface area (Å²) in [7, 11) is 3.68. The average molecular weight is 235 g/mol. The summed E-state index contributed by atoms with van der Waals surface area (Å²) in [6, 6.07) is 4.00. The Morgan fingerprint density at radius 3 is 2.94 bits per heavy atom. The van der Waals surface area contributed by atoms with Crippen LogP contribution in [0.4, 0.5) is 5.82 Å². The van der Waals surface area contributed by atoms with Crippen molar-refractivity contribution in [2.75, 3.05) is 38.7 Å². The van der Waals surface area contributed by atoms with Crippen molar-refractivity contribution in [3.8, 4) is 5.75 Å². The normalized spacial score (nSPS) is 24.1. The number of nitrogens with zero attached hydrogens (tertiary/aromatic N) is 2. The number of rotatable bonds is 4. The number of nitrogens with one attached hydrogen (secondary N) is 1. The van der Waals surface area contributed by atoms with Crippen LogP contribution in [0.25, 0.3) is 0 Å². The van der Waals surface area contributed by atoms with Gasteiger partial charge >= 0.3 is 0 Å². The van der Waals surface area contributed by atoms with Crippen molar-refractivity contribution in [3.05, 3.63) is 18.3 Å². The van der Waals surface area contributed by atoms with Crippen LogP contribution in [-0.4, -0.2) is 38.8 Å². The molecule has 0 bridgehead atoms. The first-order valence-corrected chi connectivity index (χ1v) is 6.06. The highest BCUT2D eigenvalue weighted by atomic mass is 16.5. The van der Waals surface area contributed by atoms with E-state index in [1.54, 1.807) is 13.3 Å². The molecule has 1 saturated heterocycles. The molecule has 1 aliphatic heterocycles. The largest absolute Gasteiger partial charge is 0.495 e. The van der Waals surface area contributed by atoms with E-state index in [0.717, 1.165) is 31.2 Å². The Morgan fingerprint density at radius 2 is 2.35 bits per heavy atom. The van der Waals surface area contributed by atoms with Gasteiger partial charge in [0.2, 0.25) is 0 Å². The van der Waals surface area contributed by atoms with Crippen molar-refractivity contribution < 1.29 is 4.74 Å². The lowest BCUT2D eigenvalue weighted by atomic mass is 9.90. The first-order valence-electron chi connectivity index (χ1n) is 6.06. The second-order valence-electron chi connectivity index (χ2n) is 5.07. The van der Waals surface area contributed by atoms with E-state index in [0.29, 0.717) is 5.41 Å². The van der Waals surface area contributed by atoms with Gasteiger partial charge in [-0.05, 0) is 31.0 Å². The molecule has 0 aliphatic carbocycles. The van der Waals surface area contributed by atoms with E-state index in [-0.39, 0.29) is 0 Å². The van der Waals surface area contributed by atoms with E-state index in [4.69, 9.17) is 4.74 Å². The summed E-state index contributed by atoms with van der Waals surface area (Å²) in [6.45, 7) is 5.53. The Labute approximate surface area is 103 Å². The fraction of sp³-hybridized carbons (Fsp3) is 0.615. The second-order valence-corrected chi connectivity index (χ2v) is 5.07. The van der Waals surface area contributed by atoms with Crippen LogP contribution in [0.5, 0.6) is 5.75 Å². The molecule has 1 N–H and O–H groups in total. The van der Waals surface area contributed by atoms with Crippen molar-refractivity contribution in [2.24, 2.45) is 5.41 Å². The van der Waals surface area contributed by atoms with E-state index in [9.17, 15) is 0 Å². The molecule has 1 fully saturated rings. The molecule has 0 amide bonds. The molecule has 1 aromatic heterocycles. The molecule has 17 heavy (non-hydrogen) atoms. The molecule has 0 aromatic carbocycles. The van der Waals surface area contributed by atoms with Crippen LogP contribution in [-0.2, 0) is 0 Å². The van der Waals surface area contributed by atoms with Crippen LogP contribution in [0.15, 0.2) is 18.3 Å². The van der Waals surface area contributed by atoms with Gasteiger partial charge in [-0.2, -0.15) is 0 Å². The van der Waals surface area contributed by atoms with E-state index in [1.165, 1.54) is 6.42 Å². The highest BCUT2D eigenvalue weighted by Crippen LogP contribution is 2.31. The van der Waals surface area contributed by atoms with Crippen molar-refractivity contribution in [3.63, 3.8) is 0 Å². The van der Waals surface area contributed by atoms with Crippen LogP contribution in [0.2, 0.25) is 0 Å². The highest BCUT2D eigenvalue weighted by molar-refractivity contribution is 5.42. The Kier molecular flexibility index (Phi) is 3.52. The van der Waals surface area contributed by atoms with Crippen LogP contribution < -0.4 is 15.0 Å². The first-order chi connectivity index (χ1) is 8.17. The zero-order chi connectivity index (χ0) is 12.3. The van der Waals surface area contributed by atoms with Gasteiger partial charge in [0.15, 0.2) is 0 Å². The molecule has 94 valence electrons. The smallest absolute Gasteiger partial charge is 0.137 e. The maximum atomic E-state index is 5.12. The quantitative estimate of drug-likeness (QED) is 0.858. The van der Waals surface area contributed by atoms with Gasteiger partial charge in [0.25, 0.3) is 0 Å². The fourth-order valence-corrected chi connectivity index (χ4v) is 2.47. The van der Waals surface area contributed by atoms with Gasteiger partial charge in [0, 0.05) is 19.6 Å². The van der Waals surface area contributed by atoms with Crippen molar-refractivity contribution >= 4 is 5.82 Å². The molecule has 1 atom stereocenters. The van der Waals surface area contributed by atoms with E-state index in [1.807, 2.05) is 19.2 Å². The SMILES string of the molecule is CNCC1(C)CCN(c2ccc(OC)cn2)C1. The molecular weight excluding hydrogens is 214 g/mol. The topological polar surface area (TPSA) is 37.4 Å². The summed E-state index contributed by atoms with van der Waals surface area (Å²) in [5, 5.41) is 3.27. The molecule has 4 nitrogen and oxygen atoms in total. The third-order valence-electron chi connectivity index (χ3n) is 3.44. The zero-order valence-corrected chi connectivity index (χ0v) is 10.9. The fourth-order valence-electron chi connectivity index (χ4n) is 2.47. The van der Waals surface area contributed by atoms with Crippen LogP contribution in [0.3, 0.4) is 0 Å². The third kappa shape index (κ3) is 2.69. The maximum absolute atomic E-state index is 5.12. The van der Waals surface area contributed by atoms with Crippen LogP contribution in [0, 0.1) is 5.41 Å². The zero-order valence-electron chi connectivity index (χ0n) is 10.9. The molecule has 0 radical (unpaired) electrons. The average Bonchev–Trinajstić information content (AvgIpc) is 2.72. The minimum absolute atomic E-state index is 0.357. The summed E-state index contributed by atoms with van der Waals surface area (Å²) in [4.78, 5) is 6.78. The number of pyridine rings is 1. The number of anilines is 1. The van der Waals surface area contributed by atoms with Gasteiger partial charge < -0.3 is 15.0 Å². The summed E-state index contributed by atoms with van der Waals surface area (Å²) in [5.41, 5.74) is 0.357. The van der Waals surface area contributed by atoms with Crippen molar-refractivity contribution in [1.29, 1.82) is 0 Å². The molecule has 2 rings (SSSR count). The summed E-state index contributed by atoms with van der Waals surface area (Å²) in [5.74, 6) is 1.86. The van der Waals surface area contributed by atoms with Gasteiger partial charge in [-0.3, -0.25) is 0 Å². The lowest BCUT2D eigenvalue weighted by molar-refractivity contribution is 0.355. The molecule has 0 saturated carbocycles. The number of methoxy groups -OCH3 is 1. The lowest BCUT2D eigenvalue weighted by Crippen LogP contribution is -2.33. The van der Waals surface area contributed by atoms with Crippen molar-refractivity contribution in [2.45, 2.75) is 13.3 Å². The molecule has 1 aliphatic rings. The minimum Gasteiger partial charge on any atom is -0.495 e. The van der Waals surface area contributed by atoms with E-state index < -0.39 is 0 Å². The number of hydrogen-bond donors (Lipinski definition) is 1. The number of aromatic nitrogens is 1. The van der Waals surface area contributed by atoms with Gasteiger partial charge in [-0.1, -0.05) is 6.92 Å². The lowest BCUT2D eigenvalue weighted by Gasteiger charge is -2.24. The maximum Gasteiger partial charge on any atom is 0.137 e. The van der Waals surface area contributed by atoms with Crippen molar-refractivity contribution in [1.82, 2.24) is 10.3 Å². The molecule has 2 heterocycles. The van der Waals surface area contributed by atoms with E-state index in [2.05, 4.69) is 22.1 Å². The molecule has 4 heteroatoms. The van der Waals surface area contributed by atoms with Gasteiger partial charge in [-0.15, -0.1) is 0 Å². The van der Waals surface area contributed by atoms with Gasteiger partial charge in [-0.25, -0.2) is 4.98 Å². The standard InChI is InChI=1S/C13H21N3O/c1-13(9-14-2)6-7-16(10-13)12-5-4-11(17-3)8-15-12/h4-5,8,14H,6-7,9-10H2,1-3H3.